The summed E-state index contributed by atoms with van der Waals surface area (Å²) in [4.78, 5) is 0. The largest absolute Gasteiger partial charge is 0.258 e. The molecule has 2 nitrogen and oxygen atoms in total. The molecule has 2 fully saturated rings. The van der Waals surface area contributed by atoms with Crippen LogP contribution in [-0.4, -0.2) is 13.1 Å². The Morgan fingerprint density at radius 1 is 0.650 bits per heavy atom. The third-order valence-electron chi connectivity index (χ3n) is 5.82. The van der Waals surface area contributed by atoms with E-state index in [0.29, 0.717) is 5.41 Å². The predicted molar refractivity (Wildman–Crippen MR) is 87.6 cm³/mol. The average Bonchev–Trinajstić information content (AvgIpc) is 2.60. The predicted octanol–water partition coefficient (Wildman–Crippen LogP) is 4.80. The van der Waals surface area contributed by atoms with Crippen molar-refractivity contribution in [1.82, 2.24) is 10.9 Å². The molecule has 2 aliphatic rings. The van der Waals surface area contributed by atoms with Gasteiger partial charge in [-0.2, -0.15) is 0 Å². The normalized spacial score (nSPS) is 32.9. The minimum atomic E-state index is 0.614. The zero-order valence-corrected chi connectivity index (χ0v) is 13.7. The number of hydrogen-bond donors (Lipinski definition) is 2. The molecule has 0 bridgehead atoms. The molecule has 1 saturated carbocycles. The van der Waals surface area contributed by atoms with Crippen LogP contribution in [0.15, 0.2) is 0 Å². The fourth-order valence-electron chi connectivity index (χ4n) is 4.36. The molecule has 0 spiro atoms. The zero-order chi connectivity index (χ0) is 14.1. The quantitative estimate of drug-likeness (QED) is 0.721. The molecule has 2 heteroatoms. The highest BCUT2D eigenvalue weighted by molar-refractivity contribution is 4.84. The Bertz CT molecular complexity index is 232. The number of hydrazine groups is 1. The number of hydrogen-bond acceptors (Lipinski definition) is 2. The molecule has 118 valence electrons. The minimum Gasteiger partial charge on any atom is -0.258 e. The van der Waals surface area contributed by atoms with Gasteiger partial charge in [0.1, 0.15) is 0 Å². The van der Waals surface area contributed by atoms with E-state index in [1.807, 2.05) is 0 Å². The van der Waals surface area contributed by atoms with E-state index in [0.717, 1.165) is 19.0 Å². The van der Waals surface area contributed by atoms with Crippen LogP contribution in [0.2, 0.25) is 0 Å². The Kier molecular flexibility index (Phi) is 7.37. The molecule has 1 atom stereocenters. The molecule has 2 rings (SSSR count). The van der Waals surface area contributed by atoms with Crippen LogP contribution < -0.4 is 10.9 Å². The van der Waals surface area contributed by atoms with Gasteiger partial charge in [0.05, 0.1) is 0 Å². The van der Waals surface area contributed by atoms with Gasteiger partial charge in [-0.3, -0.25) is 10.9 Å². The zero-order valence-electron chi connectivity index (χ0n) is 13.7. The minimum absolute atomic E-state index is 0.614. The number of nitrogens with one attached hydrogen (secondary N) is 2. The van der Waals surface area contributed by atoms with Gasteiger partial charge in [-0.05, 0) is 49.9 Å². The average molecular weight is 281 g/mol. The molecule has 1 unspecified atom stereocenters. The third kappa shape index (κ3) is 5.37. The highest BCUT2D eigenvalue weighted by atomic mass is 15.3. The third-order valence-corrected chi connectivity index (χ3v) is 5.82. The van der Waals surface area contributed by atoms with Gasteiger partial charge in [0.25, 0.3) is 0 Å². The lowest BCUT2D eigenvalue weighted by Gasteiger charge is -2.39. The summed E-state index contributed by atoms with van der Waals surface area (Å²) in [7, 11) is 0. The van der Waals surface area contributed by atoms with Gasteiger partial charge in [-0.1, -0.05) is 51.9 Å². The standard InChI is InChI=1S/C18H36N2/c1-18(13-8-9-15-19-20-16-10-14-18)17-11-6-4-2-3-5-7-12-17/h17,19-20H,2-16H2,1H3. The summed E-state index contributed by atoms with van der Waals surface area (Å²) < 4.78 is 0. The summed E-state index contributed by atoms with van der Waals surface area (Å²) in [6.45, 7) is 4.90. The van der Waals surface area contributed by atoms with E-state index >= 15 is 0 Å². The van der Waals surface area contributed by atoms with Gasteiger partial charge in [0.15, 0.2) is 0 Å². The fourth-order valence-corrected chi connectivity index (χ4v) is 4.36. The van der Waals surface area contributed by atoms with Gasteiger partial charge in [-0.25, -0.2) is 0 Å². The topological polar surface area (TPSA) is 24.1 Å². The van der Waals surface area contributed by atoms with Crippen LogP contribution in [0.1, 0.15) is 90.4 Å². The number of rotatable bonds is 1. The van der Waals surface area contributed by atoms with Crippen molar-refractivity contribution in [2.75, 3.05) is 13.1 Å². The molecule has 1 aliphatic carbocycles. The van der Waals surface area contributed by atoms with E-state index in [2.05, 4.69) is 17.8 Å². The van der Waals surface area contributed by atoms with Gasteiger partial charge in [0.2, 0.25) is 0 Å². The maximum absolute atomic E-state index is 3.38. The Balaban J connectivity index is 1.94. The van der Waals surface area contributed by atoms with Crippen LogP contribution in [0.5, 0.6) is 0 Å². The van der Waals surface area contributed by atoms with Crippen molar-refractivity contribution in [1.29, 1.82) is 0 Å². The fraction of sp³-hybridized carbons (Fsp3) is 1.00. The molecule has 20 heavy (non-hydrogen) atoms. The molecule has 1 heterocycles. The molecule has 0 aromatic rings. The molecular weight excluding hydrogens is 244 g/mol. The highest BCUT2D eigenvalue weighted by Crippen LogP contribution is 2.43. The Labute approximate surface area is 126 Å². The maximum Gasteiger partial charge on any atom is 0.00999 e. The van der Waals surface area contributed by atoms with E-state index in [4.69, 9.17) is 0 Å². The van der Waals surface area contributed by atoms with Crippen molar-refractivity contribution in [3.05, 3.63) is 0 Å². The smallest absolute Gasteiger partial charge is 0.00999 e. The Hall–Kier alpha value is -0.0800. The second-order valence-corrected chi connectivity index (χ2v) is 7.46. The summed E-state index contributed by atoms with van der Waals surface area (Å²) in [6.07, 6.45) is 18.9. The summed E-state index contributed by atoms with van der Waals surface area (Å²) >= 11 is 0. The van der Waals surface area contributed by atoms with Gasteiger partial charge in [0, 0.05) is 13.1 Å². The monoisotopic (exact) mass is 280 g/mol. The van der Waals surface area contributed by atoms with E-state index in [9.17, 15) is 0 Å². The summed E-state index contributed by atoms with van der Waals surface area (Å²) in [5, 5.41) is 0. The van der Waals surface area contributed by atoms with Crippen molar-refractivity contribution in [3.63, 3.8) is 0 Å². The summed E-state index contributed by atoms with van der Waals surface area (Å²) in [6, 6.07) is 0. The van der Waals surface area contributed by atoms with Gasteiger partial charge < -0.3 is 0 Å². The van der Waals surface area contributed by atoms with E-state index in [1.54, 1.807) is 0 Å². The van der Waals surface area contributed by atoms with E-state index < -0.39 is 0 Å². The molecule has 0 amide bonds. The van der Waals surface area contributed by atoms with E-state index in [1.165, 1.54) is 83.5 Å². The first-order valence-corrected chi connectivity index (χ1v) is 9.27. The second kappa shape index (κ2) is 9.04. The molecular formula is C18H36N2. The Morgan fingerprint density at radius 3 is 1.90 bits per heavy atom. The second-order valence-electron chi connectivity index (χ2n) is 7.46. The molecule has 0 aromatic heterocycles. The summed E-state index contributed by atoms with van der Waals surface area (Å²) in [5.41, 5.74) is 7.33. The van der Waals surface area contributed by atoms with Crippen molar-refractivity contribution in [2.24, 2.45) is 11.3 Å². The maximum atomic E-state index is 3.38. The van der Waals surface area contributed by atoms with Gasteiger partial charge >= 0.3 is 0 Å². The SMILES string of the molecule is CC1(C2CCCCCCCC2)CCCCNNCCC1. The molecule has 1 saturated heterocycles. The Morgan fingerprint density at radius 2 is 1.20 bits per heavy atom. The highest BCUT2D eigenvalue weighted by Gasteiger charge is 2.32. The molecule has 2 N–H and O–H groups in total. The first-order valence-electron chi connectivity index (χ1n) is 9.27. The van der Waals surface area contributed by atoms with Crippen LogP contribution in [0.25, 0.3) is 0 Å². The lowest BCUT2D eigenvalue weighted by atomic mass is 9.67. The van der Waals surface area contributed by atoms with Crippen LogP contribution in [0.4, 0.5) is 0 Å². The lowest BCUT2D eigenvalue weighted by molar-refractivity contribution is 0.119. The van der Waals surface area contributed by atoms with Crippen LogP contribution >= 0.6 is 0 Å². The van der Waals surface area contributed by atoms with E-state index in [-0.39, 0.29) is 0 Å². The molecule has 0 radical (unpaired) electrons. The van der Waals surface area contributed by atoms with Gasteiger partial charge in [-0.15, -0.1) is 0 Å². The molecule has 0 aromatic carbocycles. The first kappa shape index (κ1) is 16.3. The lowest BCUT2D eigenvalue weighted by Crippen LogP contribution is -2.36. The molecule has 1 aliphatic heterocycles. The van der Waals surface area contributed by atoms with Crippen molar-refractivity contribution < 1.29 is 0 Å². The first-order chi connectivity index (χ1) is 9.81. The van der Waals surface area contributed by atoms with Crippen molar-refractivity contribution in [3.8, 4) is 0 Å². The van der Waals surface area contributed by atoms with Crippen molar-refractivity contribution >= 4 is 0 Å². The summed E-state index contributed by atoms with van der Waals surface area (Å²) in [5.74, 6) is 0.994. The van der Waals surface area contributed by atoms with Crippen LogP contribution in [0, 0.1) is 11.3 Å². The van der Waals surface area contributed by atoms with Crippen LogP contribution in [-0.2, 0) is 0 Å². The van der Waals surface area contributed by atoms with Crippen molar-refractivity contribution in [2.45, 2.75) is 90.4 Å². The van der Waals surface area contributed by atoms with Crippen LogP contribution in [0.3, 0.4) is 0 Å².